The summed E-state index contributed by atoms with van der Waals surface area (Å²) in [5.41, 5.74) is 13.9. The van der Waals surface area contributed by atoms with Gasteiger partial charge in [-0.2, -0.15) is 0 Å². The largest absolute Gasteiger partial charge is 0.398 e. The molecule has 114 valence electrons. The summed E-state index contributed by atoms with van der Waals surface area (Å²) in [6.07, 6.45) is 1.85. The average Bonchev–Trinajstić information content (AvgIpc) is 2.49. The molecule has 0 aromatic heterocycles. The lowest BCUT2D eigenvalue weighted by Gasteiger charge is -2.11. The van der Waals surface area contributed by atoms with E-state index in [4.69, 9.17) is 5.73 Å². The third-order valence-corrected chi connectivity index (χ3v) is 3.81. The first kappa shape index (κ1) is 16.0. The minimum Gasteiger partial charge on any atom is -0.398 e. The molecule has 2 aromatic carbocycles. The maximum absolute atomic E-state index is 6.27. The molecule has 0 aliphatic carbocycles. The fraction of sp³-hybridized carbons (Fsp3) is 0.250. The van der Waals surface area contributed by atoms with E-state index >= 15 is 0 Å². The van der Waals surface area contributed by atoms with Crippen molar-refractivity contribution in [2.45, 2.75) is 26.7 Å². The van der Waals surface area contributed by atoms with Crippen molar-refractivity contribution >= 4 is 11.4 Å². The van der Waals surface area contributed by atoms with E-state index in [1.165, 1.54) is 11.1 Å². The lowest BCUT2D eigenvalue weighted by Crippen LogP contribution is -2.03. The first-order valence-electron chi connectivity index (χ1n) is 7.58. The van der Waals surface area contributed by atoms with E-state index in [1.807, 2.05) is 20.0 Å². The summed E-state index contributed by atoms with van der Waals surface area (Å²) in [4.78, 5) is 4.41. The van der Waals surface area contributed by atoms with Crippen molar-refractivity contribution in [3.8, 4) is 11.1 Å². The lowest BCUT2D eigenvalue weighted by molar-refractivity contribution is 1.01. The molecule has 0 radical (unpaired) electrons. The number of nitrogen functional groups attached to an aromatic ring is 1. The first-order valence-corrected chi connectivity index (χ1v) is 7.58. The molecule has 0 saturated heterocycles. The monoisotopic (exact) mass is 292 g/mol. The summed E-state index contributed by atoms with van der Waals surface area (Å²) in [5, 5.41) is 0. The van der Waals surface area contributed by atoms with Crippen LogP contribution in [-0.2, 0) is 0 Å². The van der Waals surface area contributed by atoms with E-state index in [9.17, 15) is 0 Å². The Morgan fingerprint density at radius 1 is 1.09 bits per heavy atom. The van der Waals surface area contributed by atoms with Gasteiger partial charge in [-0.25, -0.2) is 0 Å². The highest BCUT2D eigenvalue weighted by Crippen LogP contribution is 2.27. The van der Waals surface area contributed by atoms with Crippen molar-refractivity contribution in [2.24, 2.45) is 4.99 Å². The Labute approximate surface area is 133 Å². The summed E-state index contributed by atoms with van der Waals surface area (Å²) in [6, 6.07) is 14.6. The van der Waals surface area contributed by atoms with Crippen LogP contribution in [0.5, 0.6) is 0 Å². The van der Waals surface area contributed by atoms with Gasteiger partial charge < -0.3 is 5.73 Å². The molecule has 2 aromatic rings. The summed E-state index contributed by atoms with van der Waals surface area (Å²) >= 11 is 0. The van der Waals surface area contributed by atoms with Crippen LogP contribution in [0.2, 0.25) is 0 Å². The summed E-state index contributed by atoms with van der Waals surface area (Å²) < 4.78 is 0. The number of anilines is 1. The van der Waals surface area contributed by atoms with Crippen LogP contribution in [0.4, 0.5) is 5.69 Å². The van der Waals surface area contributed by atoms with Gasteiger partial charge in [0, 0.05) is 24.0 Å². The van der Waals surface area contributed by atoms with Crippen LogP contribution < -0.4 is 5.73 Å². The molecule has 2 N–H and O–H groups in total. The Morgan fingerprint density at radius 3 is 2.32 bits per heavy atom. The molecule has 0 amide bonds. The Bertz CT molecular complexity index is 694. The maximum atomic E-state index is 6.27. The van der Waals surface area contributed by atoms with Crippen molar-refractivity contribution in [2.75, 3.05) is 12.8 Å². The van der Waals surface area contributed by atoms with Crippen molar-refractivity contribution in [3.05, 3.63) is 65.7 Å². The normalized spacial score (nSPS) is 11.5. The van der Waals surface area contributed by atoms with Gasteiger partial charge in [-0.15, -0.1) is 6.58 Å². The Hall–Kier alpha value is -2.35. The topological polar surface area (TPSA) is 38.4 Å². The molecule has 0 heterocycles. The summed E-state index contributed by atoms with van der Waals surface area (Å²) in [6.45, 7) is 8.08. The molecule has 0 aliphatic heterocycles. The van der Waals surface area contributed by atoms with Gasteiger partial charge in [-0.1, -0.05) is 47.5 Å². The molecular weight excluding hydrogens is 268 g/mol. The van der Waals surface area contributed by atoms with Gasteiger partial charge in [0.05, 0.1) is 0 Å². The van der Waals surface area contributed by atoms with Gasteiger partial charge >= 0.3 is 0 Å². The number of aryl methyl sites for hydroxylation is 1. The Kier molecular flexibility index (Phi) is 5.16. The van der Waals surface area contributed by atoms with Crippen molar-refractivity contribution in [1.82, 2.24) is 0 Å². The van der Waals surface area contributed by atoms with Crippen molar-refractivity contribution in [1.29, 1.82) is 0 Å². The smallest absolute Gasteiger partial charge is 0.0421 e. The Balaban J connectivity index is 2.29. The highest BCUT2D eigenvalue weighted by molar-refractivity contribution is 6.02. The second kappa shape index (κ2) is 7.08. The van der Waals surface area contributed by atoms with E-state index in [-0.39, 0.29) is 0 Å². The molecule has 0 aliphatic rings. The maximum Gasteiger partial charge on any atom is 0.0421 e. The number of benzene rings is 2. The van der Waals surface area contributed by atoms with Crippen LogP contribution in [-0.4, -0.2) is 12.8 Å². The Morgan fingerprint density at radius 2 is 1.77 bits per heavy atom. The predicted molar refractivity (Wildman–Crippen MR) is 97.5 cm³/mol. The third kappa shape index (κ3) is 3.85. The standard InChI is InChI=1S/C20H24N2/c1-14(2)5-12-20(22-4)17-10-11-18(19(21)13-17)16-8-6-15(3)7-9-16/h6-11,13H,1,5,12,21H2,2-4H3/b22-20+. The number of aliphatic imine (C=N–C) groups is 1. The molecule has 0 unspecified atom stereocenters. The number of nitrogens with zero attached hydrogens (tertiary/aromatic N) is 1. The highest BCUT2D eigenvalue weighted by atomic mass is 14.7. The van der Waals surface area contributed by atoms with Crippen LogP contribution in [0.15, 0.2) is 59.6 Å². The van der Waals surface area contributed by atoms with Gasteiger partial charge in [0.2, 0.25) is 0 Å². The van der Waals surface area contributed by atoms with Gasteiger partial charge in [0.25, 0.3) is 0 Å². The van der Waals surface area contributed by atoms with Crippen LogP contribution in [0, 0.1) is 6.92 Å². The quantitative estimate of drug-likeness (QED) is 0.469. The minimum absolute atomic E-state index is 0.790. The third-order valence-electron chi connectivity index (χ3n) is 3.81. The van der Waals surface area contributed by atoms with Gasteiger partial charge in [-0.3, -0.25) is 4.99 Å². The van der Waals surface area contributed by atoms with Gasteiger partial charge in [0.15, 0.2) is 0 Å². The fourth-order valence-electron chi connectivity index (χ4n) is 2.46. The molecule has 22 heavy (non-hydrogen) atoms. The molecular formula is C20H24N2. The molecule has 0 fully saturated rings. The first-order chi connectivity index (χ1) is 10.5. The molecule has 0 atom stereocenters. The van der Waals surface area contributed by atoms with Crippen LogP contribution >= 0.6 is 0 Å². The molecule has 0 spiro atoms. The number of hydrogen-bond donors (Lipinski definition) is 1. The van der Waals surface area contributed by atoms with Crippen molar-refractivity contribution < 1.29 is 0 Å². The fourth-order valence-corrected chi connectivity index (χ4v) is 2.46. The molecule has 0 saturated carbocycles. The average molecular weight is 292 g/mol. The van der Waals surface area contributed by atoms with Gasteiger partial charge in [0.1, 0.15) is 0 Å². The molecule has 2 rings (SSSR count). The van der Waals surface area contributed by atoms with Crippen molar-refractivity contribution in [3.63, 3.8) is 0 Å². The number of nitrogens with two attached hydrogens (primary N) is 1. The van der Waals surface area contributed by atoms with E-state index in [0.717, 1.165) is 40.9 Å². The van der Waals surface area contributed by atoms with E-state index < -0.39 is 0 Å². The van der Waals surface area contributed by atoms with E-state index in [2.05, 4.69) is 54.9 Å². The van der Waals surface area contributed by atoms with Crippen LogP contribution in [0.1, 0.15) is 30.9 Å². The number of rotatable bonds is 5. The zero-order valence-corrected chi connectivity index (χ0v) is 13.7. The molecule has 2 nitrogen and oxygen atoms in total. The zero-order valence-electron chi connectivity index (χ0n) is 13.7. The van der Waals surface area contributed by atoms with Gasteiger partial charge in [-0.05, 0) is 43.9 Å². The minimum atomic E-state index is 0.790. The molecule has 0 bridgehead atoms. The van der Waals surface area contributed by atoms with Crippen LogP contribution in [0.25, 0.3) is 11.1 Å². The highest BCUT2D eigenvalue weighted by Gasteiger charge is 2.08. The van der Waals surface area contributed by atoms with Crippen LogP contribution in [0.3, 0.4) is 0 Å². The number of hydrogen-bond acceptors (Lipinski definition) is 2. The molecule has 2 heteroatoms. The number of allylic oxidation sites excluding steroid dienone is 1. The predicted octanol–water partition coefficient (Wildman–Crippen LogP) is 5.02. The SMILES string of the molecule is C=C(C)CC/C(=N\C)c1ccc(-c2ccc(C)cc2)c(N)c1. The second-order valence-corrected chi connectivity index (χ2v) is 5.80. The summed E-state index contributed by atoms with van der Waals surface area (Å²) in [7, 11) is 1.83. The second-order valence-electron chi connectivity index (χ2n) is 5.80. The zero-order chi connectivity index (χ0) is 16.1. The summed E-state index contributed by atoms with van der Waals surface area (Å²) in [5.74, 6) is 0. The lowest BCUT2D eigenvalue weighted by atomic mass is 9.97. The van der Waals surface area contributed by atoms with E-state index in [1.54, 1.807) is 0 Å². The van der Waals surface area contributed by atoms with E-state index in [0.29, 0.717) is 0 Å².